The van der Waals surface area contributed by atoms with Crippen molar-refractivity contribution in [2.24, 2.45) is 0 Å². The Morgan fingerprint density at radius 2 is 1.53 bits per heavy atom. The Kier molecular flexibility index (Phi) is 9.09. The molecule has 5 rings (SSSR count). The summed E-state index contributed by atoms with van der Waals surface area (Å²) in [5.74, 6) is 0.291. The van der Waals surface area contributed by atoms with Crippen LogP contribution in [-0.4, -0.2) is 36.5 Å². The monoisotopic (exact) mass is 589 g/mol. The molecule has 1 fully saturated rings. The van der Waals surface area contributed by atoms with Gasteiger partial charge >= 0.3 is 6.36 Å². The van der Waals surface area contributed by atoms with Gasteiger partial charge in [-0.05, 0) is 104 Å². The number of aromatic nitrogens is 1. The van der Waals surface area contributed by atoms with E-state index in [4.69, 9.17) is 4.74 Å². The zero-order valence-electron chi connectivity index (χ0n) is 24.1. The first kappa shape index (κ1) is 29.8. The summed E-state index contributed by atoms with van der Waals surface area (Å²) in [6.45, 7) is 5.35. The van der Waals surface area contributed by atoms with E-state index in [1.165, 1.54) is 24.1 Å². The van der Waals surface area contributed by atoms with Crippen LogP contribution in [0.15, 0.2) is 90.5 Å². The van der Waals surface area contributed by atoms with Crippen molar-refractivity contribution in [3.05, 3.63) is 107 Å². The lowest BCUT2D eigenvalue weighted by Gasteiger charge is -2.24. The predicted molar refractivity (Wildman–Crippen MR) is 161 cm³/mol. The lowest BCUT2D eigenvalue weighted by Crippen LogP contribution is -2.32. The molecule has 0 unspecified atom stereocenters. The second-order valence-corrected chi connectivity index (χ2v) is 10.2. The second kappa shape index (κ2) is 13.1. The summed E-state index contributed by atoms with van der Waals surface area (Å²) < 4.78 is 49.5. The Morgan fingerprint density at radius 1 is 0.884 bits per heavy atom. The van der Waals surface area contributed by atoms with Crippen molar-refractivity contribution in [3.8, 4) is 28.4 Å². The molecule has 1 amide bonds. The quantitative estimate of drug-likeness (QED) is 0.176. The van der Waals surface area contributed by atoms with Crippen molar-refractivity contribution in [2.75, 3.05) is 19.7 Å². The Morgan fingerprint density at radius 3 is 2.14 bits per heavy atom. The minimum atomic E-state index is -4.77. The van der Waals surface area contributed by atoms with Gasteiger partial charge in [-0.3, -0.25) is 4.79 Å². The first-order chi connectivity index (χ1) is 20.7. The molecule has 1 heterocycles. The maximum absolute atomic E-state index is 13.4. The maximum atomic E-state index is 13.4. The molecule has 6 nitrogen and oxygen atoms in total. The van der Waals surface area contributed by atoms with Gasteiger partial charge in [0.15, 0.2) is 0 Å². The van der Waals surface area contributed by atoms with Crippen molar-refractivity contribution in [1.82, 2.24) is 15.2 Å². The lowest BCUT2D eigenvalue weighted by molar-refractivity contribution is -0.274. The highest BCUT2D eigenvalue weighted by molar-refractivity contribution is 5.97. The smallest absolute Gasteiger partial charge is 0.494 e. The maximum Gasteiger partial charge on any atom is 0.573 e. The van der Waals surface area contributed by atoms with E-state index in [-0.39, 0.29) is 11.7 Å². The number of halogens is 3. The number of benzene rings is 3. The Bertz CT molecular complexity index is 1570. The predicted octanol–water partition coefficient (Wildman–Crippen LogP) is 7.66. The van der Waals surface area contributed by atoms with E-state index in [1.807, 2.05) is 66.9 Å². The summed E-state index contributed by atoms with van der Waals surface area (Å²) >= 11 is 0. The van der Waals surface area contributed by atoms with Crippen LogP contribution in [0.5, 0.6) is 11.5 Å². The molecule has 9 heteroatoms. The van der Waals surface area contributed by atoms with Gasteiger partial charge in [0.2, 0.25) is 0 Å². The summed E-state index contributed by atoms with van der Waals surface area (Å²) in [5, 5.41) is 6.55. The van der Waals surface area contributed by atoms with Crippen LogP contribution in [-0.2, 0) is 0 Å². The third kappa shape index (κ3) is 7.23. The Balaban J connectivity index is 1.31. The van der Waals surface area contributed by atoms with Gasteiger partial charge in [0.05, 0.1) is 17.9 Å². The van der Waals surface area contributed by atoms with Crippen LogP contribution in [0.1, 0.15) is 47.8 Å². The van der Waals surface area contributed by atoms with Crippen molar-refractivity contribution in [2.45, 2.75) is 39.5 Å². The van der Waals surface area contributed by atoms with Crippen LogP contribution in [0.25, 0.3) is 22.6 Å². The highest BCUT2D eigenvalue weighted by Gasteiger charge is 2.31. The number of hydrogen-bond acceptors (Lipinski definition) is 4. The van der Waals surface area contributed by atoms with Gasteiger partial charge in [-0.1, -0.05) is 30.3 Å². The van der Waals surface area contributed by atoms with Gasteiger partial charge in [-0.2, -0.15) is 0 Å². The zero-order valence-corrected chi connectivity index (χ0v) is 24.1. The van der Waals surface area contributed by atoms with E-state index >= 15 is 0 Å². The van der Waals surface area contributed by atoms with Gasteiger partial charge in [0, 0.05) is 30.2 Å². The molecule has 1 saturated carbocycles. The fraction of sp³-hybridized carbons (Fsp3) is 0.265. The van der Waals surface area contributed by atoms with Crippen molar-refractivity contribution < 1.29 is 27.4 Å². The van der Waals surface area contributed by atoms with Crippen molar-refractivity contribution >= 4 is 11.6 Å². The average Bonchev–Trinajstić information content (AvgIpc) is 3.31. The van der Waals surface area contributed by atoms with Crippen molar-refractivity contribution in [3.63, 3.8) is 0 Å². The van der Waals surface area contributed by atoms with Crippen LogP contribution in [0.3, 0.4) is 0 Å². The lowest BCUT2D eigenvalue weighted by atomic mass is 9.88. The highest BCUT2D eigenvalue weighted by atomic mass is 19.4. The fourth-order valence-electron chi connectivity index (χ4n) is 5.17. The van der Waals surface area contributed by atoms with E-state index in [0.29, 0.717) is 36.6 Å². The van der Waals surface area contributed by atoms with E-state index in [2.05, 4.69) is 27.5 Å². The minimum Gasteiger partial charge on any atom is -0.494 e. The molecule has 0 saturated heterocycles. The number of amides is 1. The number of alkyl halides is 3. The molecule has 0 aliphatic heterocycles. The van der Waals surface area contributed by atoms with E-state index in [0.717, 1.165) is 41.1 Å². The average molecular weight is 590 g/mol. The molecule has 3 aromatic carbocycles. The minimum absolute atomic E-state index is 0.230. The molecule has 2 N–H and O–H groups in total. The molecule has 4 aromatic rings. The van der Waals surface area contributed by atoms with E-state index in [1.54, 1.807) is 12.1 Å². The first-order valence-electron chi connectivity index (χ1n) is 14.3. The summed E-state index contributed by atoms with van der Waals surface area (Å²) in [4.78, 5) is 13.4. The highest BCUT2D eigenvalue weighted by Crippen LogP contribution is 2.33. The summed E-state index contributed by atoms with van der Waals surface area (Å²) in [6.07, 6.45) is -1.49. The zero-order chi connectivity index (χ0) is 30.4. The molecule has 1 aromatic heterocycles. The third-order valence-electron chi connectivity index (χ3n) is 7.37. The number of carbonyl (C=O) groups is 1. The summed E-state index contributed by atoms with van der Waals surface area (Å²) in [6, 6.07) is 25.0. The van der Waals surface area contributed by atoms with Gasteiger partial charge in [-0.15, -0.1) is 13.2 Å². The van der Waals surface area contributed by atoms with Crippen molar-refractivity contribution in [1.29, 1.82) is 0 Å². The van der Waals surface area contributed by atoms with Crippen LogP contribution in [0.2, 0.25) is 0 Å². The first-order valence-corrected chi connectivity index (χ1v) is 14.3. The summed E-state index contributed by atoms with van der Waals surface area (Å²) in [5.41, 5.74) is 6.96. The molecular weight excluding hydrogens is 555 g/mol. The van der Waals surface area contributed by atoms with Gasteiger partial charge in [0.25, 0.3) is 5.91 Å². The Labute approximate surface area is 249 Å². The van der Waals surface area contributed by atoms with Gasteiger partial charge in [0.1, 0.15) is 11.5 Å². The topological polar surface area (TPSA) is 64.5 Å². The molecule has 0 spiro atoms. The van der Waals surface area contributed by atoms with E-state index in [9.17, 15) is 18.0 Å². The summed E-state index contributed by atoms with van der Waals surface area (Å²) in [7, 11) is 0. The third-order valence-corrected chi connectivity index (χ3v) is 7.37. The molecular formula is C34H34F3N3O3. The second-order valence-electron chi connectivity index (χ2n) is 10.2. The number of nitrogens with zero attached hydrogens (tertiary/aromatic N) is 1. The molecule has 1 aliphatic carbocycles. The molecule has 43 heavy (non-hydrogen) atoms. The molecule has 1 aliphatic rings. The normalized spacial score (nSPS) is 12.8. The van der Waals surface area contributed by atoms with E-state index < -0.39 is 6.36 Å². The van der Waals surface area contributed by atoms with Gasteiger partial charge < -0.3 is 24.7 Å². The standard InChI is InChI=1S/C34H34F3N3O3/c1-3-42-28-16-12-26(13-17-28)32(25-10-7-11-25)38-20-21-39-33(41)30-22-31(24-8-5-4-6-9-24)40(23(30)2)27-14-18-29(19-15-27)43-34(35,36)37/h4-6,8-9,12-19,22,38H,3,7,10-11,20-21H2,1-2H3,(H,39,41). The fourth-order valence-corrected chi connectivity index (χ4v) is 5.17. The number of nitrogens with one attached hydrogen (secondary N) is 2. The molecule has 224 valence electrons. The molecule has 0 atom stereocenters. The van der Waals surface area contributed by atoms with Crippen LogP contribution < -0.4 is 20.1 Å². The number of ether oxygens (including phenoxy) is 2. The SMILES string of the molecule is CCOc1ccc(C(NCCNC(=O)c2cc(-c3ccccc3)n(-c3ccc(OC(F)(F)F)cc3)c2C)=C2CCC2)cc1. The number of hydrogen-bond donors (Lipinski definition) is 2. The van der Waals surface area contributed by atoms with Crippen LogP contribution in [0.4, 0.5) is 13.2 Å². The number of rotatable bonds is 11. The molecule has 0 radical (unpaired) electrons. The number of carbonyl (C=O) groups excluding carboxylic acids is 1. The number of allylic oxidation sites excluding steroid dienone is 1. The van der Waals surface area contributed by atoms with Crippen LogP contribution >= 0.6 is 0 Å². The molecule has 0 bridgehead atoms. The Hall–Kier alpha value is -4.66. The van der Waals surface area contributed by atoms with Gasteiger partial charge in [-0.25, -0.2) is 0 Å². The van der Waals surface area contributed by atoms with Crippen LogP contribution in [0, 0.1) is 6.92 Å². The largest absolute Gasteiger partial charge is 0.573 e.